The molecule has 0 spiro atoms. The highest BCUT2D eigenvalue weighted by atomic mass is 79.9. The summed E-state index contributed by atoms with van der Waals surface area (Å²) in [5, 5.41) is 0. The standard InChI is InChI=1S/C11H4BrClF2OS/c12-5-1-2-6(14)9(10(5)15)11(16)7-3-4-8(13)17-7/h1-4H. The molecule has 0 unspecified atom stereocenters. The summed E-state index contributed by atoms with van der Waals surface area (Å²) in [6, 6.07) is 5.20. The number of thiophene rings is 1. The highest BCUT2D eigenvalue weighted by Gasteiger charge is 2.22. The van der Waals surface area contributed by atoms with Gasteiger partial charge in [0.25, 0.3) is 0 Å². The van der Waals surface area contributed by atoms with E-state index in [-0.39, 0.29) is 9.35 Å². The average molecular weight is 338 g/mol. The first kappa shape index (κ1) is 12.7. The van der Waals surface area contributed by atoms with Crippen LogP contribution in [0.25, 0.3) is 0 Å². The largest absolute Gasteiger partial charge is 0.287 e. The van der Waals surface area contributed by atoms with Gasteiger partial charge in [0.15, 0.2) is 5.82 Å². The average Bonchev–Trinajstić information content (AvgIpc) is 2.71. The lowest BCUT2D eigenvalue weighted by Crippen LogP contribution is -2.06. The number of carbonyl (C=O) groups excluding carboxylic acids is 1. The van der Waals surface area contributed by atoms with Gasteiger partial charge in [0, 0.05) is 0 Å². The Labute approximate surface area is 113 Å². The van der Waals surface area contributed by atoms with Crippen molar-refractivity contribution in [1.82, 2.24) is 0 Å². The van der Waals surface area contributed by atoms with E-state index in [1.807, 2.05) is 0 Å². The molecular formula is C11H4BrClF2OS. The van der Waals surface area contributed by atoms with Gasteiger partial charge in [0.2, 0.25) is 5.78 Å². The quantitative estimate of drug-likeness (QED) is 0.575. The molecule has 2 aromatic rings. The molecule has 0 saturated heterocycles. The monoisotopic (exact) mass is 336 g/mol. The Morgan fingerprint density at radius 2 is 1.94 bits per heavy atom. The second kappa shape index (κ2) is 4.84. The minimum atomic E-state index is -0.903. The van der Waals surface area contributed by atoms with Crippen LogP contribution < -0.4 is 0 Å². The van der Waals surface area contributed by atoms with Crippen LogP contribution in [0.5, 0.6) is 0 Å². The van der Waals surface area contributed by atoms with E-state index in [2.05, 4.69) is 15.9 Å². The molecule has 1 aromatic heterocycles. The predicted molar refractivity (Wildman–Crippen MR) is 66.8 cm³/mol. The van der Waals surface area contributed by atoms with Gasteiger partial charge < -0.3 is 0 Å². The zero-order chi connectivity index (χ0) is 12.6. The molecule has 1 aromatic carbocycles. The van der Waals surface area contributed by atoms with Gasteiger partial charge in [-0.2, -0.15) is 0 Å². The van der Waals surface area contributed by atoms with Crippen LogP contribution in [0.4, 0.5) is 8.78 Å². The molecule has 0 aliphatic carbocycles. The Hall–Kier alpha value is -0.780. The van der Waals surface area contributed by atoms with Crippen molar-refractivity contribution in [1.29, 1.82) is 0 Å². The Morgan fingerprint density at radius 1 is 1.24 bits per heavy atom. The third-order valence-electron chi connectivity index (χ3n) is 2.07. The number of benzene rings is 1. The summed E-state index contributed by atoms with van der Waals surface area (Å²) in [6.07, 6.45) is 0. The number of carbonyl (C=O) groups is 1. The molecule has 0 saturated carbocycles. The molecule has 0 N–H and O–H groups in total. The molecule has 1 heterocycles. The van der Waals surface area contributed by atoms with Crippen LogP contribution in [0.1, 0.15) is 15.2 Å². The summed E-state index contributed by atoms with van der Waals surface area (Å²) >= 11 is 9.56. The van der Waals surface area contributed by atoms with Crippen molar-refractivity contribution >= 4 is 44.7 Å². The van der Waals surface area contributed by atoms with Crippen molar-refractivity contribution in [2.75, 3.05) is 0 Å². The first-order valence-corrected chi connectivity index (χ1v) is 6.43. The van der Waals surface area contributed by atoms with Gasteiger partial charge in [0.05, 0.1) is 19.2 Å². The van der Waals surface area contributed by atoms with Crippen LogP contribution in [0, 0.1) is 11.6 Å². The number of hydrogen-bond donors (Lipinski definition) is 0. The fourth-order valence-corrected chi connectivity index (χ4v) is 2.61. The van der Waals surface area contributed by atoms with Crippen molar-refractivity contribution in [3.8, 4) is 0 Å². The zero-order valence-corrected chi connectivity index (χ0v) is 11.3. The maximum atomic E-state index is 13.7. The van der Waals surface area contributed by atoms with E-state index in [1.54, 1.807) is 0 Å². The molecule has 0 fully saturated rings. The van der Waals surface area contributed by atoms with E-state index < -0.39 is 23.0 Å². The van der Waals surface area contributed by atoms with Gasteiger partial charge in [-0.25, -0.2) is 8.78 Å². The highest BCUT2D eigenvalue weighted by molar-refractivity contribution is 9.10. The number of hydrogen-bond acceptors (Lipinski definition) is 2. The summed E-state index contributed by atoms with van der Waals surface area (Å²) < 4.78 is 27.6. The van der Waals surface area contributed by atoms with Gasteiger partial charge in [-0.05, 0) is 40.2 Å². The highest BCUT2D eigenvalue weighted by Crippen LogP contribution is 2.28. The topological polar surface area (TPSA) is 17.1 Å². The lowest BCUT2D eigenvalue weighted by molar-refractivity contribution is 0.103. The molecule has 0 atom stereocenters. The Bertz CT molecular complexity index is 597. The molecule has 0 bridgehead atoms. The summed E-state index contributed by atoms with van der Waals surface area (Å²) in [5.41, 5.74) is -0.571. The SMILES string of the molecule is O=C(c1ccc(Cl)s1)c1c(F)ccc(Br)c1F. The van der Waals surface area contributed by atoms with E-state index in [0.717, 1.165) is 17.4 Å². The second-order valence-electron chi connectivity index (χ2n) is 3.15. The van der Waals surface area contributed by atoms with E-state index >= 15 is 0 Å². The van der Waals surface area contributed by atoms with E-state index in [4.69, 9.17) is 11.6 Å². The van der Waals surface area contributed by atoms with Crippen molar-refractivity contribution in [3.63, 3.8) is 0 Å². The van der Waals surface area contributed by atoms with E-state index in [9.17, 15) is 13.6 Å². The second-order valence-corrected chi connectivity index (χ2v) is 5.72. The minimum Gasteiger partial charge on any atom is -0.287 e. The van der Waals surface area contributed by atoms with Crippen molar-refractivity contribution in [3.05, 3.63) is 55.1 Å². The maximum absolute atomic E-state index is 13.7. The fraction of sp³-hybridized carbons (Fsp3) is 0. The third kappa shape index (κ3) is 2.41. The molecule has 0 aliphatic rings. The van der Waals surface area contributed by atoms with E-state index in [0.29, 0.717) is 4.34 Å². The van der Waals surface area contributed by atoms with Crippen LogP contribution in [-0.2, 0) is 0 Å². The summed E-state index contributed by atoms with van der Waals surface area (Å²) in [4.78, 5) is 12.1. The van der Waals surface area contributed by atoms with Gasteiger partial charge in [-0.1, -0.05) is 11.6 Å². The summed E-state index contributed by atoms with van der Waals surface area (Å²) in [7, 11) is 0. The predicted octanol–water partition coefficient (Wildman–Crippen LogP) is 4.67. The lowest BCUT2D eigenvalue weighted by atomic mass is 10.1. The Morgan fingerprint density at radius 3 is 2.53 bits per heavy atom. The molecule has 0 aliphatic heterocycles. The van der Waals surface area contributed by atoms with Crippen LogP contribution in [-0.4, -0.2) is 5.78 Å². The van der Waals surface area contributed by atoms with Crippen molar-refractivity contribution in [2.24, 2.45) is 0 Å². The van der Waals surface area contributed by atoms with Gasteiger partial charge in [-0.3, -0.25) is 4.79 Å². The Balaban J connectivity index is 2.54. The van der Waals surface area contributed by atoms with Gasteiger partial charge >= 0.3 is 0 Å². The first-order chi connectivity index (χ1) is 8.00. The molecule has 1 nitrogen and oxygen atoms in total. The molecule has 0 amide bonds. The van der Waals surface area contributed by atoms with Crippen LogP contribution in [0.2, 0.25) is 4.34 Å². The van der Waals surface area contributed by atoms with Crippen LogP contribution >= 0.6 is 38.9 Å². The molecule has 0 radical (unpaired) electrons. The third-order valence-corrected chi connectivity index (χ3v) is 3.91. The van der Waals surface area contributed by atoms with Crippen LogP contribution in [0.15, 0.2) is 28.7 Å². The fourth-order valence-electron chi connectivity index (χ4n) is 1.29. The van der Waals surface area contributed by atoms with Crippen LogP contribution in [0.3, 0.4) is 0 Å². The Kier molecular flexibility index (Phi) is 3.61. The van der Waals surface area contributed by atoms with Crippen molar-refractivity contribution < 1.29 is 13.6 Å². The van der Waals surface area contributed by atoms with Gasteiger partial charge in [-0.15, -0.1) is 11.3 Å². The maximum Gasteiger partial charge on any atom is 0.208 e. The normalized spacial score (nSPS) is 10.6. The molecule has 6 heteroatoms. The van der Waals surface area contributed by atoms with E-state index in [1.165, 1.54) is 18.2 Å². The number of halogens is 4. The smallest absolute Gasteiger partial charge is 0.208 e. The number of ketones is 1. The summed E-state index contributed by atoms with van der Waals surface area (Å²) in [6.45, 7) is 0. The molecular weight excluding hydrogens is 334 g/mol. The summed E-state index contributed by atoms with van der Waals surface area (Å²) in [5.74, 6) is -2.50. The van der Waals surface area contributed by atoms with Gasteiger partial charge in [0.1, 0.15) is 5.82 Å². The minimum absolute atomic E-state index is 0.0462. The zero-order valence-electron chi connectivity index (χ0n) is 8.14. The number of rotatable bonds is 2. The lowest BCUT2D eigenvalue weighted by Gasteiger charge is -2.03. The molecule has 2 rings (SSSR count). The molecule has 88 valence electrons. The molecule has 17 heavy (non-hydrogen) atoms. The first-order valence-electron chi connectivity index (χ1n) is 4.44. The van der Waals surface area contributed by atoms with Crippen molar-refractivity contribution in [2.45, 2.75) is 0 Å².